The van der Waals surface area contributed by atoms with Crippen LogP contribution in [0.2, 0.25) is 0 Å². The molecule has 0 unspecified atom stereocenters. The molecule has 0 radical (unpaired) electrons. The van der Waals surface area contributed by atoms with Gasteiger partial charge in [0.2, 0.25) is 0 Å². The molecule has 0 fully saturated rings. The Labute approximate surface area is 149 Å². The number of nitrogens with zero attached hydrogens (tertiary/aromatic N) is 1. The van der Waals surface area contributed by atoms with E-state index in [9.17, 15) is 13.6 Å². The number of aromatic nitrogens is 1. The molecule has 1 N–H and O–H groups in total. The quantitative estimate of drug-likeness (QED) is 0.682. The third-order valence-corrected chi connectivity index (χ3v) is 3.97. The molecule has 0 saturated carbocycles. The molecule has 3 aromatic rings. The Kier molecular flexibility index (Phi) is 4.80. The van der Waals surface area contributed by atoms with Crippen LogP contribution in [0, 0.1) is 11.6 Å². The minimum atomic E-state index is -0.906. The van der Waals surface area contributed by atoms with Gasteiger partial charge in [-0.05, 0) is 34.1 Å². The number of rotatable bonds is 4. The van der Waals surface area contributed by atoms with Crippen LogP contribution in [-0.2, 0) is 0 Å². The van der Waals surface area contributed by atoms with Crippen LogP contribution in [0.4, 0.5) is 14.5 Å². The van der Waals surface area contributed by atoms with Crippen LogP contribution in [0.15, 0.2) is 51.5 Å². The summed E-state index contributed by atoms with van der Waals surface area (Å²) in [6, 6.07) is 10.1. The lowest BCUT2D eigenvalue weighted by Gasteiger charge is -2.07. The summed E-state index contributed by atoms with van der Waals surface area (Å²) in [7, 11) is 1.54. The van der Waals surface area contributed by atoms with Gasteiger partial charge in [-0.15, -0.1) is 0 Å². The lowest BCUT2D eigenvalue weighted by Crippen LogP contribution is -2.14. The second-order valence-corrected chi connectivity index (χ2v) is 5.86. The SMILES string of the molecule is COc1cccc(-c2cc(C(=O)Nc3c(F)cc(F)cc3Br)no2)c1. The first-order valence-electron chi connectivity index (χ1n) is 7.05. The van der Waals surface area contributed by atoms with Crippen molar-refractivity contribution in [2.75, 3.05) is 12.4 Å². The zero-order valence-electron chi connectivity index (χ0n) is 12.8. The Balaban J connectivity index is 1.84. The maximum atomic E-state index is 13.8. The Hall–Kier alpha value is -2.74. The maximum absolute atomic E-state index is 13.8. The first-order chi connectivity index (χ1) is 12.0. The molecule has 0 atom stereocenters. The van der Waals surface area contributed by atoms with Crippen molar-refractivity contribution in [3.8, 4) is 17.1 Å². The molecule has 0 aliphatic heterocycles. The molecular weight excluding hydrogens is 398 g/mol. The summed E-state index contributed by atoms with van der Waals surface area (Å²) >= 11 is 3.00. The van der Waals surface area contributed by atoms with Crippen molar-refractivity contribution in [1.82, 2.24) is 5.16 Å². The molecule has 2 aromatic carbocycles. The topological polar surface area (TPSA) is 64.4 Å². The standard InChI is InChI=1S/C17H11BrF2N2O3/c1-24-11-4-2-3-9(5-11)15-8-14(22-25-15)17(23)21-16-12(18)6-10(19)7-13(16)20/h2-8H,1H3,(H,21,23). The highest BCUT2D eigenvalue weighted by Crippen LogP contribution is 2.28. The van der Waals surface area contributed by atoms with E-state index < -0.39 is 17.5 Å². The summed E-state index contributed by atoms with van der Waals surface area (Å²) in [6.07, 6.45) is 0. The molecule has 1 heterocycles. The van der Waals surface area contributed by atoms with Crippen molar-refractivity contribution in [2.45, 2.75) is 0 Å². The molecule has 0 bridgehead atoms. The van der Waals surface area contributed by atoms with E-state index in [2.05, 4.69) is 26.4 Å². The molecule has 0 saturated heterocycles. The van der Waals surface area contributed by atoms with Crippen LogP contribution in [0.25, 0.3) is 11.3 Å². The van der Waals surface area contributed by atoms with Crippen molar-refractivity contribution >= 4 is 27.5 Å². The van der Waals surface area contributed by atoms with Crippen molar-refractivity contribution in [3.05, 3.63) is 64.3 Å². The molecule has 0 spiro atoms. The van der Waals surface area contributed by atoms with Gasteiger partial charge in [0.15, 0.2) is 17.3 Å². The first-order valence-corrected chi connectivity index (χ1v) is 7.84. The normalized spacial score (nSPS) is 10.6. The molecule has 25 heavy (non-hydrogen) atoms. The zero-order valence-corrected chi connectivity index (χ0v) is 14.4. The number of carbonyl (C=O) groups excluding carboxylic acids is 1. The lowest BCUT2D eigenvalue weighted by molar-refractivity contribution is 0.101. The smallest absolute Gasteiger partial charge is 0.277 e. The fourth-order valence-corrected chi connectivity index (χ4v) is 2.64. The van der Waals surface area contributed by atoms with E-state index in [1.54, 1.807) is 24.3 Å². The summed E-state index contributed by atoms with van der Waals surface area (Å²) < 4.78 is 37.3. The average molecular weight is 409 g/mol. The number of hydrogen-bond acceptors (Lipinski definition) is 4. The molecule has 3 rings (SSSR count). The predicted molar refractivity (Wildman–Crippen MR) is 90.5 cm³/mol. The Morgan fingerprint density at radius 3 is 2.76 bits per heavy atom. The molecular formula is C17H11BrF2N2O3. The van der Waals surface area contributed by atoms with E-state index in [0.29, 0.717) is 23.1 Å². The molecule has 1 amide bonds. The number of anilines is 1. The Morgan fingerprint density at radius 1 is 1.24 bits per heavy atom. The van der Waals surface area contributed by atoms with E-state index in [1.165, 1.54) is 13.2 Å². The number of carbonyl (C=O) groups is 1. The minimum Gasteiger partial charge on any atom is -0.497 e. The van der Waals surface area contributed by atoms with E-state index in [1.807, 2.05) is 0 Å². The number of nitrogens with one attached hydrogen (secondary N) is 1. The largest absolute Gasteiger partial charge is 0.497 e. The van der Waals surface area contributed by atoms with Crippen molar-refractivity contribution in [3.63, 3.8) is 0 Å². The molecule has 1 aromatic heterocycles. The van der Waals surface area contributed by atoms with Crippen molar-refractivity contribution < 1.29 is 22.8 Å². The van der Waals surface area contributed by atoms with Crippen LogP contribution in [-0.4, -0.2) is 18.2 Å². The number of hydrogen-bond donors (Lipinski definition) is 1. The fourth-order valence-electron chi connectivity index (χ4n) is 2.13. The van der Waals surface area contributed by atoms with Gasteiger partial charge in [-0.3, -0.25) is 4.79 Å². The number of ether oxygens (including phenoxy) is 1. The number of methoxy groups -OCH3 is 1. The van der Waals surface area contributed by atoms with Crippen LogP contribution in [0.5, 0.6) is 5.75 Å². The number of halogens is 3. The van der Waals surface area contributed by atoms with Gasteiger partial charge in [-0.1, -0.05) is 17.3 Å². The monoisotopic (exact) mass is 408 g/mol. The summed E-state index contributed by atoms with van der Waals surface area (Å²) in [5.41, 5.74) is 0.436. The van der Waals surface area contributed by atoms with Crippen LogP contribution in [0.1, 0.15) is 10.5 Å². The summed E-state index contributed by atoms with van der Waals surface area (Å²) in [5, 5.41) is 6.02. The Morgan fingerprint density at radius 2 is 2.04 bits per heavy atom. The lowest BCUT2D eigenvalue weighted by atomic mass is 10.1. The van der Waals surface area contributed by atoms with Crippen LogP contribution < -0.4 is 10.1 Å². The third kappa shape index (κ3) is 3.69. The van der Waals surface area contributed by atoms with E-state index in [4.69, 9.17) is 9.26 Å². The average Bonchev–Trinajstić information content (AvgIpc) is 3.08. The molecule has 5 nitrogen and oxygen atoms in total. The highest BCUT2D eigenvalue weighted by molar-refractivity contribution is 9.10. The summed E-state index contributed by atoms with van der Waals surface area (Å²) in [5.74, 6) is -1.38. The van der Waals surface area contributed by atoms with Gasteiger partial charge in [0.05, 0.1) is 12.8 Å². The molecule has 0 aliphatic rings. The minimum absolute atomic E-state index is 0.0477. The van der Waals surface area contributed by atoms with E-state index in [-0.39, 0.29) is 15.9 Å². The summed E-state index contributed by atoms with van der Waals surface area (Å²) in [4.78, 5) is 12.2. The van der Waals surface area contributed by atoms with Gasteiger partial charge in [0, 0.05) is 22.2 Å². The Bertz CT molecular complexity index is 920. The van der Waals surface area contributed by atoms with Gasteiger partial charge in [0.25, 0.3) is 5.91 Å². The van der Waals surface area contributed by atoms with E-state index in [0.717, 1.165) is 6.07 Å². The van der Waals surface area contributed by atoms with Gasteiger partial charge < -0.3 is 14.6 Å². The first kappa shape index (κ1) is 17.1. The zero-order chi connectivity index (χ0) is 18.0. The van der Waals surface area contributed by atoms with Crippen LogP contribution in [0.3, 0.4) is 0 Å². The molecule has 128 valence electrons. The predicted octanol–water partition coefficient (Wildman–Crippen LogP) is 4.64. The van der Waals surface area contributed by atoms with Gasteiger partial charge >= 0.3 is 0 Å². The number of benzene rings is 2. The van der Waals surface area contributed by atoms with Crippen molar-refractivity contribution in [2.24, 2.45) is 0 Å². The summed E-state index contributed by atoms with van der Waals surface area (Å²) in [6.45, 7) is 0. The van der Waals surface area contributed by atoms with Gasteiger partial charge in [0.1, 0.15) is 11.6 Å². The maximum Gasteiger partial charge on any atom is 0.277 e. The van der Waals surface area contributed by atoms with Crippen LogP contribution >= 0.6 is 15.9 Å². The second kappa shape index (κ2) is 7.02. The molecule has 0 aliphatic carbocycles. The number of amides is 1. The van der Waals surface area contributed by atoms with Gasteiger partial charge in [-0.2, -0.15) is 0 Å². The fraction of sp³-hybridized carbons (Fsp3) is 0.0588. The second-order valence-electron chi connectivity index (χ2n) is 5.01. The third-order valence-electron chi connectivity index (χ3n) is 3.34. The van der Waals surface area contributed by atoms with Gasteiger partial charge in [-0.25, -0.2) is 8.78 Å². The molecule has 8 heteroatoms. The highest BCUT2D eigenvalue weighted by atomic mass is 79.9. The van der Waals surface area contributed by atoms with Crippen molar-refractivity contribution in [1.29, 1.82) is 0 Å². The van der Waals surface area contributed by atoms with E-state index >= 15 is 0 Å². The highest BCUT2D eigenvalue weighted by Gasteiger charge is 2.18.